The van der Waals surface area contributed by atoms with Gasteiger partial charge >= 0.3 is 6.03 Å². The molecule has 0 aliphatic carbocycles. The van der Waals surface area contributed by atoms with Crippen LogP contribution in [0, 0.1) is 0 Å². The Morgan fingerprint density at radius 1 is 1.19 bits per heavy atom. The Morgan fingerprint density at radius 2 is 1.90 bits per heavy atom. The van der Waals surface area contributed by atoms with Crippen molar-refractivity contribution in [2.24, 2.45) is 0 Å². The number of nitrogens with zero attached hydrogens (tertiary/aromatic N) is 4. The number of hydrogen-bond donors (Lipinski definition) is 1. The maximum atomic E-state index is 12.2. The molecule has 1 saturated heterocycles. The summed E-state index contributed by atoms with van der Waals surface area (Å²) in [5, 5.41) is 3.98. The molecule has 1 aliphatic rings. The molecule has 3 rings (SSSR count). The molecule has 2 heterocycles. The highest BCUT2D eigenvalue weighted by Gasteiger charge is 2.23. The van der Waals surface area contributed by atoms with Gasteiger partial charge in [-0.3, -0.25) is 0 Å². The first kappa shape index (κ1) is 14.1. The standard InChI is InChI=1S/C13H14ClN5OS/c14-11-16-13(21-17-11)19-8-6-18(7-9-19)12(20)15-10-4-2-1-3-5-10/h1-5H,6-9H2,(H,15,20). The summed E-state index contributed by atoms with van der Waals surface area (Å²) < 4.78 is 3.96. The number of urea groups is 1. The second-order valence-corrected chi connectivity index (χ2v) is 5.68. The third-order valence-electron chi connectivity index (χ3n) is 3.25. The smallest absolute Gasteiger partial charge is 0.321 e. The zero-order valence-corrected chi connectivity index (χ0v) is 12.8. The summed E-state index contributed by atoms with van der Waals surface area (Å²) in [6, 6.07) is 9.38. The van der Waals surface area contributed by atoms with Crippen LogP contribution >= 0.6 is 23.1 Å². The van der Waals surface area contributed by atoms with Crippen molar-refractivity contribution >= 4 is 40.0 Å². The first-order chi connectivity index (χ1) is 10.2. The number of hydrogen-bond acceptors (Lipinski definition) is 5. The van der Waals surface area contributed by atoms with Crippen LogP contribution in [0.25, 0.3) is 0 Å². The van der Waals surface area contributed by atoms with Crippen LogP contribution in [0.1, 0.15) is 0 Å². The molecule has 6 nitrogen and oxygen atoms in total. The molecule has 1 aromatic carbocycles. The van der Waals surface area contributed by atoms with Gasteiger partial charge in [-0.15, -0.1) is 0 Å². The van der Waals surface area contributed by atoms with Gasteiger partial charge in [-0.25, -0.2) is 4.79 Å². The molecule has 1 fully saturated rings. The van der Waals surface area contributed by atoms with E-state index in [0.29, 0.717) is 13.1 Å². The van der Waals surface area contributed by atoms with Crippen molar-refractivity contribution in [3.05, 3.63) is 35.6 Å². The molecule has 1 N–H and O–H groups in total. The van der Waals surface area contributed by atoms with E-state index in [1.54, 1.807) is 4.90 Å². The van der Waals surface area contributed by atoms with Crippen molar-refractivity contribution in [1.29, 1.82) is 0 Å². The van der Waals surface area contributed by atoms with Gasteiger partial charge in [0.25, 0.3) is 0 Å². The van der Waals surface area contributed by atoms with Gasteiger partial charge in [0, 0.05) is 43.4 Å². The minimum absolute atomic E-state index is 0.0730. The lowest BCUT2D eigenvalue weighted by molar-refractivity contribution is 0.208. The Morgan fingerprint density at radius 3 is 2.52 bits per heavy atom. The average Bonchev–Trinajstić information content (AvgIpc) is 2.95. The lowest BCUT2D eigenvalue weighted by Crippen LogP contribution is -2.50. The monoisotopic (exact) mass is 323 g/mol. The first-order valence-electron chi connectivity index (χ1n) is 6.57. The molecule has 0 unspecified atom stereocenters. The van der Waals surface area contributed by atoms with E-state index in [9.17, 15) is 4.79 Å². The predicted octanol–water partition coefficient (Wildman–Crippen LogP) is 2.55. The molecular weight excluding hydrogens is 310 g/mol. The van der Waals surface area contributed by atoms with Crippen molar-refractivity contribution in [3.8, 4) is 0 Å². The number of anilines is 2. The average molecular weight is 324 g/mol. The highest BCUT2D eigenvalue weighted by molar-refractivity contribution is 7.10. The number of piperazine rings is 1. The molecule has 2 amide bonds. The van der Waals surface area contributed by atoms with Crippen LogP contribution in [-0.2, 0) is 0 Å². The number of para-hydroxylation sites is 1. The number of halogens is 1. The lowest BCUT2D eigenvalue weighted by atomic mass is 10.3. The Balaban J connectivity index is 1.54. The van der Waals surface area contributed by atoms with E-state index in [1.165, 1.54) is 11.5 Å². The van der Waals surface area contributed by atoms with E-state index in [-0.39, 0.29) is 11.3 Å². The zero-order valence-electron chi connectivity index (χ0n) is 11.2. The lowest BCUT2D eigenvalue weighted by Gasteiger charge is -2.34. The highest BCUT2D eigenvalue weighted by Crippen LogP contribution is 2.21. The summed E-state index contributed by atoms with van der Waals surface area (Å²) in [7, 11) is 0. The van der Waals surface area contributed by atoms with Gasteiger partial charge in [-0.1, -0.05) is 18.2 Å². The molecule has 0 radical (unpaired) electrons. The van der Waals surface area contributed by atoms with Gasteiger partial charge in [0.1, 0.15) is 0 Å². The number of rotatable bonds is 2. The van der Waals surface area contributed by atoms with E-state index >= 15 is 0 Å². The molecule has 110 valence electrons. The zero-order chi connectivity index (χ0) is 14.7. The summed E-state index contributed by atoms with van der Waals surface area (Å²) >= 11 is 7.02. The van der Waals surface area contributed by atoms with E-state index in [4.69, 9.17) is 11.6 Å². The van der Waals surface area contributed by atoms with Gasteiger partial charge in [-0.05, 0) is 23.7 Å². The number of carbonyl (C=O) groups excluding carboxylic acids is 1. The van der Waals surface area contributed by atoms with Gasteiger partial charge in [0.05, 0.1) is 0 Å². The minimum atomic E-state index is -0.0730. The number of benzene rings is 1. The molecule has 8 heteroatoms. The summed E-state index contributed by atoms with van der Waals surface area (Å²) in [6.07, 6.45) is 0. The maximum absolute atomic E-state index is 12.2. The summed E-state index contributed by atoms with van der Waals surface area (Å²) in [5.74, 6) is 0. The van der Waals surface area contributed by atoms with Crippen LogP contribution in [-0.4, -0.2) is 46.5 Å². The first-order valence-corrected chi connectivity index (χ1v) is 7.72. The number of nitrogens with one attached hydrogen (secondary N) is 1. The second kappa shape index (κ2) is 6.28. The van der Waals surface area contributed by atoms with Crippen molar-refractivity contribution in [2.45, 2.75) is 0 Å². The Hall–Kier alpha value is -1.86. The van der Waals surface area contributed by atoms with Gasteiger partial charge in [0.15, 0.2) is 0 Å². The van der Waals surface area contributed by atoms with E-state index in [2.05, 4.69) is 19.6 Å². The van der Waals surface area contributed by atoms with Crippen LogP contribution in [0.3, 0.4) is 0 Å². The minimum Gasteiger partial charge on any atom is -0.343 e. The Kier molecular flexibility index (Phi) is 4.21. The quantitative estimate of drug-likeness (QED) is 0.922. The fourth-order valence-corrected chi connectivity index (χ4v) is 3.01. The van der Waals surface area contributed by atoms with Crippen LogP contribution in [0.2, 0.25) is 5.28 Å². The topological polar surface area (TPSA) is 61.4 Å². The summed E-state index contributed by atoms with van der Waals surface area (Å²) in [5.41, 5.74) is 0.806. The third kappa shape index (κ3) is 3.43. The van der Waals surface area contributed by atoms with Gasteiger partial charge in [-0.2, -0.15) is 9.36 Å². The molecule has 0 saturated carbocycles. The molecule has 0 atom stereocenters. The van der Waals surface area contributed by atoms with Crippen LogP contribution in [0.4, 0.5) is 15.6 Å². The Labute approximate surface area is 131 Å². The van der Waals surface area contributed by atoms with Crippen molar-refractivity contribution in [3.63, 3.8) is 0 Å². The van der Waals surface area contributed by atoms with Crippen molar-refractivity contribution in [1.82, 2.24) is 14.3 Å². The van der Waals surface area contributed by atoms with E-state index in [0.717, 1.165) is 23.9 Å². The fourth-order valence-electron chi connectivity index (χ4n) is 2.15. The van der Waals surface area contributed by atoms with Crippen LogP contribution in [0.5, 0.6) is 0 Å². The van der Waals surface area contributed by atoms with Crippen molar-refractivity contribution in [2.75, 3.05) is 36.4 Å². The third-order valence-corrected chi connectivity index (χ3v) is 4.30. The van der Waals surface area contributed by atoms with Crippen LogP contribution < -0.4 is 10.2 Å². The summed E-state index contributed by atoms with van der Waals surface area (Å²) in [4.78, 5) is 20.2. The maximum Gasteiger partial charge on any atom is 0.321 e. The van der Waals surface area contributed by atoms with E-state index < -0.39 is 0 Å². The van der Waals surface area contributed by atoms with Crippen LogP contribution in [0.15, 0.2) is 30.3 Å². The van der Waals surface area contributed by atoms with Gasteiger partial charge in [0.2, 0.25) is 10.4 Å². The number of amides is 2. The Bertz CT molecular complexity index is 612. The second-order valence-electron chi connectivity index (χ2n) is 4.62. The number of carbonyl (C=O) groups is 1. The predicted molar refractivity (Wildman–Crippen MR) is 84.2 cm³/mol. The molecule has 21 heavy (non-hydrogen) atoms. The molecular formula is C13H14ClN5OS. The molecule has 0 spiro atoms. The fraction of sp³-hybridized carbons (Fsp3) is 0.308. The largest absolute Gasteiger partial charge is 0.343 e. The SMILES string of the molecule is O=C(Nc1ccccc1)N1CCN(c2nc(Cl)ns2)CC1. The summed E-state index contributed by atoms with van der Waals surface area (Å²) in [6.45, 7) is 2.76. The van der Waals surface area contributed by atoms with E-state index in [1.807, 2.05) is 30.3 Å². The van der Waals surface area contributed by atoms with Crippen molar-refractivity contribution < 1.29 is 4.79 Å². The highest BCUT2D eigenvalue weighted by atomic mass is 35.5. The normalized spacial score (nSPS) is 15.1. The number of aromatic nitrogens is 2. The molecule has 0 bridgehead atoms. The molecule has 1 aliphatic heterocycles. The van der Waals surface area contributed by atoms with Gasteiger partial charge < -0.3 is 15.1 Å². The molecule has 2 aromatic rings. The molecule has 1 aromatic heterocycles.